The third-order valence-corrected chi connectivity index (χ3v) is 4.45. The molecule has 0 radical (unpaired) electrons. The van der Waals surface area contributed by atoms with Crippen LogP contribution in [-0.2, 0) is 9.53 Å². The molecular formula is C18H24FNO3. The average molecular weight is 321 g/mol. The van der Waals surface area contributed by atoms with Crippen LogP contribution >= 0.6 is 0 Å². The van der Waals surface area contributed by atoms with Gasteiger partial charge in [-0.3, -0.25) is 4.79 Å². The van der Waals surface area contributed by atoms with Gasteiger partial charge in [0.25, 0.3) is 5.88 Å². The van der Waals surface area contributed by atoms with E-state index in [1.807, 2.05) is 19.9 Å². The van der Waals surface area contributed by atoms with Gasteiger partial charge in [0.2, 0.25) is 0 Å². The van der Waals surface area contributed by atoms with Gasteiger partial charge < -0.3 is 9.47 Å². The molecule has 23 heavy (non-hydrogen) atoms. The molecule has 0 saturated carbocycles. The van der Waals surface area contributed by atoms with E-state index in [-0.39, 0.29) is 23.7 Å². The third-order valence-electron chi connectivity index (χ3n) is 4.45. The lowest BCUT2D eigenvalue weighted by Crippen LogP contribution is -2.26. The summed E-state index contributed by atoms with van der Waals surface area (Å²) in [4.78, 5) is 15.9. The molecule has 1 aromatic rings. The van der Waals surface area contributed by atoms with Gasteiger partial charge in [0.05, 0.1) is 19.6 Å². The maximum atomic E-state index is 14.3. The fourth-order valence-electron chi connectivity index (χ4n) is 3.22. The molecule has 0 saturated heterocycles. The molecule has 0 spiro atoms. The summed E-state index contributed by atoms with van der Waals surface area (Å²) < 4.78 is 24.4. The van der Waals surface area contributed by atoms with Gasteiger partial charge in [-0.1, -0.05) is 13.0 Å². The SMILES string of the molecule is CCOC(=O)C(CC)C1CC=C(c2ccnc(OC)c2F)CC1. The van der Waals surface area contributed by atoms with Gasteiger partial charge in [0, 0.05) is 11.8 Å². The van der Waals surface area contributed by atoms with Crippen molar-refractivity contribution < 1.29 is 18.7 Å². The van der Waals surface area contributed by atoms with Crippen LogP contribution < -0.4 is 4.74 Å². The Hall–Kier alpha value is -1.91. The van der Waals surface area contributed by atoms with Crippen molar-refractivity contribution in [3.05, 3.63) is 29.7 Å². The van der Waals surface area contributed by atoms with E-state index >= 15 is 0 Å². The Bertz CT molecular complexity index is 586. The second-order valence-corrected chi connectivity index (χ2v) is 5.71. The number of carbonyl (C=O) groups is 1. The summed E-state index contributed by atoms with van der Waals surface area (Å²) in [6.45, 7) is 4.24. The minimum Gasteiger partial charge on any atom is -0.479 e. The second kappa shape index (κ2) is 8.09. The normalized spacial score (nSPS) is 19.0. The number of aromatic nitrogens is 1. The van der Waals surface area contributed by atoms with Crippen molar-refractivity contribution >= 4 is 11.5 Å². The van der Waals surface area contributed by atoms with Crippen LogP contribution in [0.25, 0.3) is 5.57 Å². The van der Waals surface area contributed by atoms with Crippen LogP contribution in [0, 0.1) is 17.7 Å². The average Bonchev–Trinajstić information content (AvgIpc) is 2.57. The van der Waals surface area contributed by atoms with Gasteiger partial charge in [0.1, 0.15) is 0 Å². The third kappa shape index (κ3) is 3.89. The summed E-state index contributed by atoms with van der Waals surface area (Å²) in [5.41, 5.74) is 1.50. The molecule has 1 aliphatic carbocycles. The molecule has 0 aromatic carbocycles. The Morgan fingerprint density at radius 3 is 2.83 bits per heavy atom. The van der Waals surface area contributed by atoms with E-state index in [0.29, 0.717) is 12.2 Å². The predicted octanol–water partition coefficient (Wildman–Crippen LogP) is 4.00. The molecule has 1 aliphatic rings. The Balaban J connectivity index is 2.13. The molecule has 2 atom stereocenters. The van der Waals surface area contributed by atoms with Crippen molar-refractivity contribution in [2.24, 2.45) is 11.8 Å². The van der Waals surface area contributed by atoms with E-state index in [2.05, 4.69) is 4.98 Å². The second-order valence-electron chi connectivity index (χ2n) is 5.71. The minimum atomic E-state index is -0.419. The molecule has 4 nitrogen and oxygen atoms in total. The van der Waals surface area contributed by atoms with Crippen LogP contribution in [0.5, 0.6) is 5.88 Å². The van der Waals surface area contributed by atoms with Crippen molar-refractivity contribution in [2.45, 2.75) is 39.5 Å². The van der Waals surface area contributed by atoms with Crippen molar-refractivity contribution in [2.75, 3.05) is 13.7 Å². The summed E-state index contributed by atoms with van der Waals surface area (Å²) in [6, 6.07) is 1.67. The molecule has 0 fully saturated rings. The molecule has 2 unspecified atom stereocenters. The standard InChI is InChI=1S/C18H24FNO3/c1-4-14(18(21)23-5-2)12-6-8-13(9-7-12)15-10-11-20-17(22-3)16(15)19/h8,10-12,14H,4-7,9H2,1-3H3. The quantitative estimate of drug-likeness (QED) is 0.743. The highest BCUT2D eigenvalue weighted by Crippen LogP contribution is 2.37. The largest absolute Gasteiger partial charge is 0.479 e. The van der Waals surface area contributed by atoms with E-state index in [1.165, 1.54) is 7.11 Å². The predicted molar refractivity (Wildman–Crippen MR) is 86.5 cm³/mol. The van der Waals surface area contributed by atoms with Gasteiger partial charge in [0.15, 0.2) is 5.82 Å². The van der Waals surface area contributed by atoms with E-state index in [0.717, 1.165) is 31.3 Å². The van der Waals surface area contributed by atoms with E-state index in [4.69, 9.17) is 9.47 Å². The number of ether oxygens (including phenoxy) is 2. The number of allylic oxidation sites excluding steroid dienone is 2. The number of pyridine rings is 1. The Labute approximate surface area is 136 Å². The summed E-state index contributed by atoms with van der Waals surface area (Å²) in [7, 11) is 1.41. The number of hydrogen-bond donors (Lipinski definition) is 0. The summed E-state index contributed by atoms with van der Waals surface area (Å²) in [5, 5.41) is 0. The first-order chi connectivity index (χ1) is 11.1. The first kappa shape index (κ1) is 17.4. The van der Waals surface area contributed by atoms with Crippen molar-refractivity contribution in [3.63, 3.8) is 0 Å². The van der Waals surface area contributed by atoms with E-state index in [1.54, 1.807) is 12.3 Å². The number of halogens is 1. The molecule has 0 aliphatic heterocycles. The van der Waals surface area contributed by atoms with Crippen LogP contribution in [-0.4, -0.2) is 24.7 Å². The van der Waals surface area contributed by atoms with E-state index < -0.39 is 5.82 Å². The highest BCUT2D eigenvalue weighted by Gasteiger charge is 2.30. The van der Waals surface area contributed by atoms with Crippen LogP contribution in [0.2, 0.25) is 0 Å². The van der Waals surface area contributed by atoms with Crippen LogP contribution in [0.1, 0.15) is 45.1 Å². The Morgan fingerprint density at radius 2 is 2.26 bits per heavy atom. The van der Waals surface area contributed by atoms with Crippen molar-refractivity contribution in [1.82, 2.24) is 4.98 Å². The molecule has 126 valence electrons. The molecule has 1 aromatic heterocycles. The lowest BCUT2D eigenvalue weighted by molar-refractivity contribution is -0.150. The molecule has 0 bridgehead atoms. The number of esters is 1. The highest BCUT2D eigenvalue weighted by atomic mass is 19.1. The van der Waals surface area contributed by atoms with Crippen LogP contribution in [0.3, 0.4) is 0 Å². The highest BCUT2D eigenvalue weighted by molar-refractivity contribution is 5.73. The monoisotopic (exact) mass is 321 g/mol. The Kier molecular flexibility index (Phi) is 6.13. The fourth-order valence-corrected chi connectivity index (χ4v) is 3.22. The molecule has 0 amide bonds. The van der Waals surface area contributed by atoms with Crippen molar-refractivity contribution in [3.8, 4) is 5.88 Å². The van der Waals surface area contributed by atoms with Gasteiger partial charge in [-0.15, -0.1) is 0 Å². The Morgan fingerprint density at radius 1 is 1.48 bits per heavy atom. The number of carbonyl (C=O) groups excluding carboxylic acids is 1. The maximum Gasteiger partial charge on any atom is 0.309 e. The molecular weight excluding hydrogens is 297 g/mol. The lowest BCUT2D eigenvalue weighted by Gasteiger charge is -2.28. The first-order valence-electron chi connectivity index (χ1n) is 8.16. The van der Waals surface area contributed by atoms with Gasteiger partial charge in [-0.2, -0.15) is 0 Å². The number of methoxy groups -OCH3 is 1. The smallest absolute Gasteiger partial charge is 0.309 e. The van der Waals surface area contributed by atoms with Crippen molar-refractivity contribution in [1.29, 1.82) is 0 Å². The number of hydrogen-bond acceptors (Lipinski definition) is 4. The topological polar surface area (TPSA) is 48.4 Å². The molecule has 5 heteroatoms. The summed E-state index contributed by atoms with van der Waals surface area (Å²) in [6.07, 6.45) is 6.71. The molecule has 0 N–H and O–H groups in total. The lowest BCUT2D eigenvalue weighted by atomic mass is 9.78. The zero-order valence-corrected chi connectivity index (χ0v) is 14.0. The van der Waals surface area contributed by atoms with Crippen LogP contribution in [0.15, 0.2) is 18.3 Å². The number of nitrogens with zero attached hydrogens (tertiary/aromatic N) is 1. The molecule has 2 rings (SSSR count). The van der Waals surface area contributed by atoms with Gasteiger partial charge in [-0.25, -0.2) is 9.37 Å². The summed E-state index contributed by atoms with van der Waals surface area (Å²) in [5.74, 6) is -0.339. The zero-order valence-electron chi connectivity index (χ0n) is 14.0. The first-order valence-corrected chi connectivity index (χ1v) is 8.16. The van der Waals surface area contributed by atoms with Crippen LogP contribution in [0.4, 0.5) is 4.39 Å². The maximum absolute atomic E-state index is 14.3. The zero-order chi connectivity index (χ0) is 16.8. The molecule has 1 heterocycles. The van der Waals surface area contributed by atoms with E-state index in [9.17, 15) is 9.18 Å². The fraction of sp³-hybridized carbons (Fsp3) is 0.556. The number of rotatable bonds is 6. The van der Waals surface area contributed by atoms with Gasteiger partial charge in [-0.05, 0) is 50.2 Å². The minimum absolute atomic E-state index is 0.0171. The summed E-state index contributed by atoms with van der Waals surface area (Å²) >= 11 is 0. The van der Waals surface area contributed by atoms with Gasteiger partial charge >= 0.3 is 5.97 Å².